The Morgan fingerprint density at radius 3 is 2.64 bits per heavy atom. The minimum atomic E-state index is -0.453. The molecule has 0 aliphatic heterocycles. The maximum absolute atomic E-state index is 11.8. The predicted molar refractivity (Wildman–Crippen MR) is 91.9 cm³/mol. The molecule has 0 aromatic heterocycles. The molecule has 0 heterocycles. The summed E-state index contributed by atoms with van der Waals surface area (Å²) in [6.07, 6.45) is 1.45. The highest BCUT2D eigenvalue weighted by molar-refractivity contribution is 5.86. The summed E-state index contributed by atoms with van der Waals surface area (Å²) in [5, 5.41) is 12.8. The molecule has 0 saturated carbocycles. The highest BCUT2D eigenvalue weighted by Gasteiger charge is 2.08. The van der Waals surface area contributed by atoms with Gasteiger partial charge in [0.2, 0.25) is 0 Å². The number of amides is 1. The molecule has 0 saturated heterocycles. The lowest BCUT2D eigenvalue weighted by molar-refractivity contribution is -0.123. The van der Waals surface area contributed by atoms with Crippen molar-refractivity contribution in [3.63, 3.8) is 0 Å². The van der Waals surface area contributed by atoms with Gasteiger partial charge in [0.05, 0.1) is 26.0 Å². The summed E-state index contributed by atoms with van der Waals surface area (Å²) in [5.41, 5.74) is 3.37. The molecule has 0 spiro atoms. The Hall–Kier alpha value is -3.53. The van der Waals surface area contributed by atoms with Crippen LogP contribution in [0, 0.1) is 11.3 Å². The quantitative estimate of drug-likeness (QED) is 0.616. The van der Waals surface area contributed by atoms with Crippen molar-refractivity contribution in [3.05, 3.63) is 53.6 Å². The fraction of sp³-hybridized carbons (Fsp3) is 0.167. The molecule has 0 aliphatic carbocycles. The number of carbonyl (C=O) groups excluding carboxylic acids is 1. The van der Waals surface area contributed by atoms with Crippen molar-refractivity contribution in [2.24, 2.45) is 5.10 Å². The number of hydrogen-bond donors (Lipinski definition) is 1. The maximum Gasteiger partial charge on any atom is 0.277 e. The van der Waals surface area contributed by atoms with Gasteiger partial charge in [-0.1, -0.05) is 18.2 Å². The van der Waals surface area contributed by atoms with E-state index in [4.69, 9.17) is 19.5 Å². The largest absolute Gasteiger partial charge is 0.493 e. The van der Waals surface area contributed by atoms with Crippen molar-refractivity contribution in [1.82, 2.24) is 5.43 Å². The number of para-hydroxylation sites is 2. The molecule has 128 valence electrons. The smallest absolute Gasteiger partial charge is 0.277 e. The highest BCUT2D eigenvalue weighted by Crippen LogP contribution is 2.29. The van der Waals surface area contributed by atoms with Crippen molar-refractivity contribution in [1.29, 1.82) is 5.26 Å². The first-order chi connectivity index (χ1) is 12.2. The van der Waals surface area contributed by atoms with Gasteiger partial charge in [-0.25, -0.2) is 5.43 Å². The Morgan fingerprint density at radius 2 is 1.92 bits per heavy atom. The van der Waals surface area contributed by atoms with Crippen LogP contribution < -0.4 is 19.6 Å². The van der Waals surface area contributed by atoms with Crippen molar-refractivity contribution < 1.29 is 19.0 Å². The molecule has 2 rings (SSSR count). The van der Waals surface area contributed by atoms with Crippen molar-refractivity contribution >= 4 is 12.1 Å². The Kier molecular flexibility index (Phi) is 6.37. The van der Waals surface area contributed by atoms with E-state index in [0.717, 1.165) is 0 Å². The van der Waals surface area contributed by atoms with Gasteiger partial charge in [-0.05, 0) is 24.3 Å². The van der Waals surface area contributed by atoms with E-state index in [-0.39, 0.29) is 6.61 Å². The van der Waals surface area contributed by atoms with Gasteiger partial charge >= 0.3 is 0 Å². The van der Waals surface area contributed by atoms with Gasteiger partial charge in [0, 0.05) is 5.56 Å². The first kappa shape index (κ1) is 17.8. The Morgan fingerprint density at radius 1 is 1.16 bits per heavy atom. The van der Waals surface area contributed by atoms with E-state index >= 15 is 0 Å². The van der Waals surface area contributed by atoms with E-state index in [0.29, 0.717) is 28.4 Å². The number of hydrazone groups is 1. The average Bonchev–Trinajstić information content (AvgIpc) is 2.66. The van der Waals surface area contributed by atoms with Gasteiger partial charge in [0.1, 0.15) is 11.8 Å². The molecule has 0 aliphatic rings. The van der Waals surface area contributed by atoms with E-state index in [1.165, 1.54) is 20.4 Å². The Labute approximate surface area is 145 Å². The van der Waals surface area contributed by atoms with E-state index < -0.39 is 5.91 Å². The lowest BCUT2D eigenvalue weighted by Crippen LogP contribution is -2.24. The number of methoxy groups -OCH3 is 2. The summed E-state index contributed by atoms with van der Waals surface area (Å²) in [5.74, 6) is 0.973. The normalized spacial score (nSPS) is 10.1. The van der Waals surface area contributed by atoms with Crippen LogP contribution in [0.3, 0.4) is 0 Å². The number of hydrogen-bond acceptors (Lipinski definition) is 6. The van der Waals surface area contributed by atoms with E-state index in [9.17, 15) is 4.79 Å². The molecule has 2 aromatic rings. The van der Waals surface area contributed by atoms with Crippen LogP contribution in [0.25, 0.3) is 0 Å². The van der Waals surface area contributed by atoms with Crippen LogP contribution in [-0.2, 0) is 4.79 Å². The third kappa shape index (κ3) is 4.72. The SMILES string of the molecule is COc1cccc(/C=N\NC(=O)COc2ccccc2C#N)c1OC. The number of benzene rings is 2. The summed E-state index contributed by atoms with van der Waals surface area (Å²) < 4.78 is 15.8. The molecule has 0 radical (unpaired) electrons. The molecule has 7 nitrogen and oxygen atoms in total. The fourth-order valence-electron chi connectivity index (χ4n) is 2.05. The number of carbonyl (C=O) groups is 1. The molecule has 0 atom stereocenters. The van der Waals surface area contributed by atoms with Crippen LogP contribution in [0.4, 0.5) is 0 Å². The van der Waals surface area contributed by atoms with Crippen molar-refractivity contribution in [2.45, 2.75) is 0 Å². The average molecular weight is 339 g/mol. The molecule has 25 heavy (non-hydrogen) atoms. The van der Waals surface area contributed by atoms with Gasteiger partial charge < -0.3 is 14.2 Å². The molecular formula is C18H17N3O4. The lowest BCUT2D eigenvalue weighted by Gasteiger charge is -2.09. The minimum absolute atomic E-state index is 0.259. The summed E-state index contributed by atoms with van der Waals surface area (Å²) in [4.78, 5) is 11.8. The summed E-state index contributed by atoms with van der Waals surface area (Å²) >= 11 is 0. The highest BCUT2D eigenvalue weighted by atomic mass is 16.5. The van der Waals surface area contributed by atoms with Crippen molar-refractivity contribution in [2.75, 3.05) is 20.8 Å². The van der Waals surface area contributed by atoms with Gasteiger partial charge in [-0.2, -0.15) is 10.4 Å². The molecule has 0 bridgehead atoms. The van der Waals surface area contributed by atoms with Gasteiger partial charge in [-0.3, -0.25) is 4.79 Å². The van der Waals surface area contributed by atoms with Gasteiger partial charge in [0.15, 0.2) is 18.1 Å². The zero-order valence-corrected chi connectivity index (χ0v) is 13.9. The van der Waals surface area contributed by atoms with Crippen LogP contribution in [0.15, 0.2) is 47.6 Å². The number of nitriles is 1. The number of rotatable bonds is 7. The second-order valence-corrected chi connectivity index (χ2v) is 4.77. The number of ether oxygens (including phenoxy) is 3. The van der Waals surface area contributed by atoms with Crippen LogP contribution in [-0.4, -0.2) is 32.9 Å². The van der Waals surface area contributed by atoms with E-state index in [1.54, 1.807) is 42.5 Å². The summed E-state index contributed by atoms with van der Waals surface area (Å²) in [7, 11) is 3.06. The molecule has 7 heteroatoms. The molecule has 0 fully saturated rings. The van der Waals surface area contributed by atoms with Crippen LogP contribution in [0.1, 0.15) is 11.1 Å². The first-order valence-corrected chi connectivity index (χ1v) is 7.34. The molecule has 2 aromatic carbocycles. The first-order valence-electron chi connectivity index (χ1n) is 7.34. The second kappa shape index (κ2) is 8.93. The molecule has 1 N–H and O–H groups in total. The van der Waals surface area contributed by atoms with Crippen LogP contribution in [0.2, 0.25) is 0 Å². The van der Waals surface area contributed by atoms with E-state index in [2.05, 4.69) is 10.5 Å². The topological polar surface area (TPSA) is 92.9 Å². The molecular weight excluding hydrogens is 322 g/mol. The third-order valence-electron chi connectivity index (χ3n) is 3.19. The maximum atomic E-state index is 11.8. The van der Waals surface area contributed by atoms with E-state index in [1.807, 2.05) is 6.07 Å². The fourth-order valence-corrected chi connectivity index (χ4v) is 2.05. The minimum Gasteiger partial charge on any atom is -0.493 e. The molecule has 1 amide bonds. The Balaban J connectivity index is 1.94. The predicted octanol–water partition coefficient (Wildman–Crippen LogP) is 2.10. The second-order valence-electron chi connectivity index (χ2n) is 4.77. The summed E-state index contributed by atoms with van der Waals surface area (Å²) in [6.45, 7) is -0.259. The lowest BCUT2D eigenvalue weighted by atomic mass is 10.2. The molecule has 0 unspecified atom stereocenters. The Bertz CT molecular complexity index is 812. The van der Waals surface area contributed by atoms with Crippen molar-refractivity contribution in [3.8, 4) is 23.3 Å². The zero-order chi connectivity index (χ0) is 18.1. The number of nitrogens with one attached hydrogen (secondary N) is 1. The van der Waals surface area contributed by atoms with Crippen LogP contribution >= 0.6 is 0 Å². The summed E-state index contributed by atoms with van der Waals surface area (Å²) in [6, 6.07) is 14.0. The number of nitrogens with zero attached hydrogens (tertiary/aromatic N) is 2. The monoisotopic (exact) mass is 339 g/mol. The van der Waals surface area contributed by atoms with Gasteiger partial charge in [-0.15, -0.1) is 0 Å². The standard InChI is InChI=1S/C18H17N3O4/c1-23-16-9-5-7-14(18(16)24-2)11-20-21-17(22)12-25-15-8-4-3-6-13(15)10-19/h3-9,11H,12H2,1-2H3,(H,21,22)/b20-11-. The third-order valence-corrected chi connectivity index (χ3v) is 3.19. The zero-order valence-electron chi connectivity index (χ0n) is 13.9. The van der Waals surface area contributed by atoms with Gasteiger partial charge in [0.25, 0.3) is 5.91 Å². The van der Waals surface area contributed by atoms with Crippen LogP contribution in [0.5, 0.6) is 17.2 Å².